The van der Waals surface area contributed by atoms with Crippen LogP contribution in [-0.2, 0) is 6.54 Å². The smallest absolute Gasteiger partial charge is 0.0946 e. The normalized spacial score (nSPS) is 23.1. The van der Waals surface area contributed by atoms with Crippen molar-refractivity contribution in [3.8, 4) is 0 Å². The van der Waals surface area contributed by atoms with Crippen LogP contribution in [0.5, 0.6) is 0 Å². The third-order valence-corrected chi connectivity index (χ3v) is 3.23. The molecule has 1 fully saturated rings. The lowest BCUT2D eigenvalue weighted by atomic mass is 10.0. The summed E-state index contributed by atoms with van der Waals surface area (Å²) in [5.74, 6) is 0. The van der Waals surface area contributed by atoms with Crippen LogP contribution in [0, 0.1) is 0 Å². The molecule has 1 aromatic heterocycles. The van der Waals surface area contributed by atoms with Crippen molar-refractivity contribution in [2.45, 2.75) is 31.8 Å². The maximum Gasteiger partial charge on any atom is 0.0946 e. The molecule has 0 amide bonds. The summed E-state index contributed by atoms with van der Waals surface area (Å²) in [5.41, 5.74) is 5.78. The van der Waals surface area contributed by atoms with Gasteiger partial charge in [0.1, 0.15) is 0 Å². The highest BCUT2D eigenvalue weighted by Gasteiger charge is 2.20. The molecule has 1 aliphatic heterocycles. The van der Waals surface area contributed by atoms with Gasteiger partial charge < -0.3 is 10.3 Å². The number of hydrogen-bond donors (Lipinski definition) is 1. The molecule has 4 heteroatoms. The highest BCUT2D eigenvalue weighted by molar-refractivity contribution is 4.79. The van der Waals surface area contributed by atoms with Gasteiger partial charge in [-0.2, -0.15) is 0 Å². The van der Waals surface area contributed by atoms with Gasteiger partial charge in [0, 0.05) is 38.1 Å². The van der Waals surface area contributed by atoms with Crippen molar-refractivity contribution in [1.82, 2.24) is 14.5 Å². The van der Waals surface area contributed by atoms with E-state index in [1.165, 1.54) is 25.8 Å². The summed E-state index contributed by atoms with van der Waals surface area (Å²) in [6, 6.07) is 0.599. The van der Waals surface area contributed by atoms with Gasteiger partial charge in [0.15, 0.2) is 0 Å². The zero-order chi connectivity index (χ0) is 10.5. The van der Waals surface area contributed by atoms with E-state index < -0.39 is 0 Å². The predicted molar refractivity (Wildman–Crippen MR) is 60.5 cm³/mol. The standard InChI is InChI=1S/C11H20N4/c12-9-11-3-1-2-5-15(11)8-7-14-6-4-13-10-14/h4,6,10-11H,1-3,5,7-9,12H2/t11-/m0/s1. The summed E-state index contributed by atoms with van der Waals surface area (Å²) in [5, 5.41) is 0. The molecule has 2 heterocycles. The Morgan fingerprint density at radius 3 is 3.00 bits per heavy atom. The zero-order valence-corrected chi connectivity index (χ0v) is 9.18. The van der Waals surface area contributed by atoms with Crippen molar-refractivity contribution < 1.29 is 0 Å². The fourth-order valence-corrected chi connectivity index (χ4v) is 2.28. The highest BCUT2D eigenvalue weighted by Crippen LogP contribution is 2.15. The van der Waals surface area contributed by atoms with E-state index in [1.807, 2.05) is 18.7 Å². The summed E-state index contributed by atoms with van der Waals surface area (Å²) in [6.07, 6.45) is 9.64. The number of hydrogen-bond acceptors (Lipinski definition) is 3. The van der Waals surface area contributed by atoms with Crippen LogP contribution in [0.25, 0.3) is 0 Å². The first kappa shape index (κ1) is 10.6. The third-order valence-electron chi connectivity index (χ3n) is 3.23. The summed E-state index contributed by atoms with van der Waals surface area (Å²) in [7, 11) is 0. The van der Waals surface area contributed by atoms with Gasteiger partial charge in [-0.05, 0) is 19.4 Å². The van der Waals surface area contributed by atoms with E-state index in [-0.39, 0.29) is 0 Å². The van der Waals surface area contributed by atoms with Crippen LogP contribution in [0.1, 0.15) is 19.3 Å². The van der Waals surface area contributed by atoms with Gasteiger partial charge in [0.05, 0.1) is 6.33 Å². The van der Waals surface area contributed by atoms with Crippen molar-refractivity contribution in [2.75, 3.05) is 19.6 Å². The van der Waals surface area contributed by atoms with Crippen molar-refractivity contribution in [3.63, 3.8) is 0 Å². The van der Waals surface area contributed by atoms with Crippen molar-refractivity contribution in [2.24, 2.45) is 5.73 Å². The molecule has 84 valence electrons. The lowest BCUT2D eigenvalue weighted by molar-refractivity contribution is 0.147. The Balaban J connectivity index is 1.81. The lowest BCUT2D eigenvalue weighted by Gasteiger charge is -2.34. The second kappa shape index (κ2) is 5.28. The van der Waals surface area contributed by atoms with Crippen LogP contribution in [0.3, 0.4) is 0 Å². The first-order chi connectivity index (χ1) is 7.40. The topological polar surface area (TPSA) is 47.1 Å². The van der Waals surface area contributed by atoms with E-state index in [4.69, 9.17) is 5.73 Å². The van der Waals surface area contributed by atoms with Gasteiger partial charge in [-0.1, -0.05) is 6.42 Å². The van der Waals surface area contributed by atoms with Crippen molar-refractivity contribution in [1.29, 1.82) is 0 Å². The predicted octanol–water partition coefficient (Wildman–Crippen LogP) is 0.696. The second-order valence-electron chi connectivity index (χ2n) is 4.22. The Labute approximate surface area is 91.1 Å². The van der Waals surface area contributed by atoms with Crippen LogP contribution in [0.2, 0.25) is 0 Å². The number of piperidine rings is 1. The molecule has 0 bridgehead atoms. The Morgan fingerprint density at radius 2 is 2.27 bits per heavy atom. The molecule has 0 spiro atoms. The number of nitrogens with two attached hydrogens (primary N) is 1. The van der Waals surface area contributed by atoms with Gasteiger partial charge in [-0.3, -0.25) is 4.90 Å². The van der Waals surface area contributed by atoms with Gasteiger partial charge in [-0.15, -0.1) is 0 Å². The monoisotopic (exact) mass is 208 g/mol. The van der Waals surface area contributed by atoms with Crippen molar-refractivity contribution in [3.05, 3.63) is 18.7 Å². The molecule has 1 saturated heterocycles. The van der Waals surface area contributed by atoms with E-state index in [9.17, 15) is 0 Å². The average Bonchev–Trinajstić information content (AvgIpc) is 2.79. The van der Waals surface area contributed by atoms with Crippen LogP contribution < -0.4 is 5.73 Å². The molecule has 0 saturated carbocycles. The fraction of sp³-hybridized carbons (Fsp3) is 0.727. The summed E-state index contributed by atoms with van der Waals surface area (Å²) in [4.78, 5) is 6.56. The van der Waals surface area contributed by atoms with Gasteiger partial charge >= 0.3 is 0 Å². The van der Waals surface area contributed by atoms with E-state index >= 15 is 0 Å². The summed E-state index contributed by atoms with van der Waals surface area (Å²) >= 11 is 0. The SMILES string of the molecule is NC[C@@H]1CCCCN1CCn1ccnc1. The maximum absolute atomic E-state index is 5.78. The van der Waals surface area contributed by atoms with E-state index in [1.54, 1.807) is 0 Å². The first-order valence-electron chi connectivity index (χ1n) is 5.80. The number of nitrogens with zero attached hydrogens (tertiary/aromatic N) is 3. The van der Waals surface area contributed by atoms with Gasteiger partial charge in [-0.25, -0.2) is 4.98 Å². The van der Waals surface area contributed by atoms with Crippen LogP contribution in [0.15, 0.2) is 18.7 Å². The maximum atomic E-state index is 5.78. The van der Waals surface area contributed by atoms with Crippen molar-refractivity contribution >= 4 is 0 Å². The molecular weight excluding hydrogens is 188 g/mol. The molecule has 0 aromatic carbocycles. The number of imidazole rings is 1. The third kappa shape index (κ3) is 2.79. The Bertz CT molecular complexity index is 270. The van der Waals surface area contributed by atoms with E-state index in [2.05, 4.69) is 14.5 Å². The Hall–Kier alpha value is -0.870. The molecule has 2 rings (SSSR count). The molecule has 4 nitrogen and oxygen atoms in total. The quantitative estimate of drug-likeness (QED) is 0.792. The van der Waals surface area contributed by atoms with Gasteiger partial charge in [0.2, 0.25) is 0 Å². The van der Waals surface area contributed by atoms with Crippen LogP contribution in [0.4, 0.5) is 0 Å². The molecule has 0 radical (unpaired) electrons. The number of rotatable bonds is 4. The Kier molecular flexibility index (Phi) is 3.75. The fourth-order valence-electron chi connectivity index (χ4n) is 2.28. The molecular formula is C11H20N4. The molecule has 15 heavy (non-hydrogen) atoms. The molecule has 0 aliphatic carbocycles. The minimum absolute atomic E-state index is 0.599. The first-order valence-corrected chi connectivity index (χ1v) is 5.80. The minimum atomic E-state index is 0.599. The summed E-state index contributed by atoms with van der Waals surface area (Å²) in [6.45, 7) is 4.12. The summed E-state index contributed by atoms with van der Waals surface area (Å²) < 4.78 is 2.13. The molecule has 2 N–H and O–H groups in total. The molecule has 1 aromatic rings. The highest BCUT2D eigenvalue weighted by atomic mass is 15.2. The minimum Gasteiger partial charge on any atom is -0.336 e. The zero-order valence-electron chi connectivity index (χ0n) is 9.18. The van der Waals surface area contributed by atoms with E-state index in [0.29, 0.717) is 6.04 Å². The van der Waals surface area contributed by atoms with Gasteiger partial charge in [0.25, 0.3) is 0 Å². The number of likely N-dealkylation sites (tertiary alicyclic amines) is 1. The number of aromatic nitrogens is 2. The average molecular weight is 208 g/mol. The van der Waals surface area contributed by atoms with Crippen LogP contribution >= 0.6 is 0 Å². The lowest BCUT2D eigenvalue weighted by Crippen LogP contribution is -2.45. The largest absolute Gasteiger partial charge is 0.336 e. The molecule has 0 unspecified atom stereocenters. The van der Waals surface area contributed by atoms with Crippen LogP contribution in [-0.4, -0.2) is 40.1 Å². The molecule has 1 aliphatic rings. The second-order valence-corrected chi connectivity index (χ2v) is 4.22. The molecule has 1 atom stereocenters. The Morgan fingerprint density at radius 1 is 1.33 bits per heavy atom. The van der Waals surface area contributed by atoms with E-state index in [0.717, 1.165) is 19.6 Å².